The number of rotatable bonds is 76. The molecule has 608 valence electrons. The van der Waals surface area contributed by atoms with Crippen LogP contribution in [-0.2, 0) is 55.8 Å². The van der Waals surface area contributed by atoms with E-state index in [9.17, 15) is 43.5 Å². The van der Waals surface area contributed by atoms with Crippen LogP contribution >= 0.6 is 15.6 Å². The number of hydrogen-bond donors (Lipinski definition) is 4. The van der Waals surface area contributed by atoms with E-state index in [2.05, 4.69) is 203 Å². The number of ether oxygens (including phenoxy) is 3. The van der Waals surface area contributed by atoms with E-state index in [4.69, 9.17) is 32.3 Å². The number of carbonyl (C=O) groups is 3. The summed E-state index contributed by atoms with van der Waals surface area (Å²) < 4.78 is 61.1. The molecule has 0 saturated heterocycles. The van der Waals surface area contributed by atoms with E-state index in [1.807, 2.05) is 0 Å². The van der Waals surface area contributed by atoms with Crippen molar-refractivity contribution in [2.24, 2.45) is 0 Å². The predicted octanol–water partition coefficient (Wildman–Crippen LogP) is 24.5. The molecule has 4 N–H and O–H groups in total. The van der Waals surface area contributed by atoms with Gasteiger partial charge in [0, 0.05) is 19.3 Å². The van der Waals surface area contributed by atoms with Crippen LogP contribution in [0.4, 0.5) is 0 Å². The lowest BCUT2D eigenvalue weighted by molar-refractivity contribution is -0.161. The van der Waals surface area contributed by atoms with Gasteiger partial charge in [-0.15, -0.1) is 0 Å². The molecule has 0 aliphatic heterocycles. The molecule has 18 heteroatoms. The Hall–Kier alpha value is -5.35. The van der Waals surface area contributed by atoms with Crippen molar-refractivity contribution in [3.63, 3.8) is 0 Å². The first-order valence-corrected chi connectivity index (χ1v) is 44.1. The summed E-state index contributed by atoms with van der Waals surface area (Å²) in [4.78, 5) is 58.7. The fourth-order valence-electron chi connectivity index (χ4n) is 10.4. The first-order chi connectivity index (χ1) is 52.2. The highest BCUT2D eigenvalue weighted by Gasteiger charge is 2.29. The van der Waals surface area contributed by atoms with Crippen LogP contribution in [0.2, 0.25) is 0 Å². The van der Waals surface area contributed by atoms with Crippen molar-refractivity contribution in [1.29, 1.82) is 0 Å². The largest absolute Gasteiger partial charge is 0.472 e. The summed E-state index contributed by atoms with van der Waals surface area (Å²) in [5.41, 5.74) is 0. The lowest BCUT2D eigenvalue weighted by Crippen LogP contribution is -2.30. The van der Waals surface area contributed by atoms with Gasteiger partial charge >= 0.3 is 33.6 Å². The second-order valence-corrected chi connectivity index (χ2v) is 29.7. The van der Waals surface area contributed by atoms with E-state index in [0.717, 1.165) is 141 Å². The van der Waals surface area contributed by atoms with Gasteiger partial charge in [-0.1, -0.05) is 306 Å². The number of aliphatic hydroxyl groups is 2. The minimum absolute atomic E-state index is 0.0481. The topological polar surface area (TPSA) is 231 Å². The van der Waals surface area contributed by atoms with Gasteiger partial charge in [0.1, 0.15) is 25.4 Å². The number of unbranched alkanes of at least 4 members (excludes halogenated alkanes) is 23. The van der Waals surface area contributed by atoms with E-state index in [1.165, 1.54) is 103 Å². The average molecular weight is 1530 g/mol. The van der Waals surface area contributed by atoms with Crippen LogP contribution in [0.3, 0.4) is 0 Å². The number of allylic oxidation sites excluding steroid dienone is 30. The maximum absolute atomic E-state index is 13.0. The first-order valence-electron chi connectivity index (χ1n) is 41.1. The maximum atomic E-state index is 13.0. The van der Waals surface area contributed by atoms with Crippen molar-refractivity contribution < 1.29 is 75.8 Å². The van der Waals surface area contributed by atoms with Gasteiger partial charge in [0.25, 0.3) is 0 Å². The standard InChI is InChI=1S/C89H146O16P2/c1-4-7-10-13-16-19-22-25-28-31-34-36-37-38-39-40-41-42-43-44-45-47-50-51-54-57-60-63-66-69-72-75-87(92)99-78-84(90)79-101-106(95,96)102-80-85(91)81-103-107(97,98)104-83-86(105-89(94)77-74-71-68-65-62-59-56-53-48-33-30-27-24-21-18-15-12-9-6-3)82-100-88(93)76-73-70-67-64-61-58-55-52-49-46-35-32-29-26-23-20-17-14-11-8-5-2/h8-9,11-12,16-21,25-30,34-36,38-39,46,48,52-53,55,59,61-62,64,84-86,90-91H,4-7,10,13-15,22-24,31-33,37,40-45,47,49-51,54,56-58,60,63,65-83H2,1-3H3,(H,95,96)(H,97,98)/b11-8-,12-9-,19-16-,20-17-,21-18-,28-25-,29-26-,30-27-,36-34-,39-38-,46-35-,53-48-,55-52-,62-59-,64-61-. The molecule has 0 fully saturated rings. The third-order valence-corrected chi connectivity index (χ3v) is 18.5. The zero-order valence-corrected chi connectivity index (χ0v) is 68.3. The molecular formula is C89H146O16P2. The number of esters is 3. The highest BCUT2D eigenvalue weighted by Crippen LogP contribution is 2.45. The van der Waals surface area contributed by atoms with Gasteiger partial charge < -0.3 is 34.2 Å². The normalized spacial score (nSPS) is 14.9. The zero-order valence-electron chi connectivity index (χ0n) is 66.5. The molecule has 107 heavy (non-hydrogen) atoms. The summed E-state index contributed by atoms with van der Waals surface area (Å²) >= 11 is 0. The highest BCUT2D eigenvalue weighted by molar-refractivity contribution is 7.47. The van der Waals surface area contributed by atoms with Crippen molar-refractivity contribution in [2.75, 3.05) is 39.6 Å². The molecule has 0 aromatic heterocycles. The summed E-state index contributed by atoms with van der Waals surface area (Å²) in [6, 6.07) is 0. The summed E-state index contributed by atoms with van der Waals surface area (Å²) in [6.07, 6.45) is 104. The smallest absolute Gasteiger partial charge is 0.463 e. The van der Waals surface area contributed by atoms with Crippen LogP contribution in [-0.4, -0.2) is 95.9 Å². The molecule has 0 bridgehead atoms. The molecular weight excluding hydrogens is 1390 g/mol. The van der Waals surface area contributed by atoms with E-state index in [-0.39, 0.29) is 19.3 Å². The molecule has 16 nitrogen and oxygen atoms in total. The number of carbonyl (C=O) groups excluding carboxylic acids is 3. The Bertz CT molecular complexity index is 2670. The number of phosphoric acid groups is 2. The van der Waals surface area contributed by atoms with Crippen LogP contribution < -0.4 is 0 Å². The molecule has 0 rings (SSSR count). The van der Waals surface area contributed by atoms with Crippen LogP contribution in [0.25, 0.3) is 0 Å². The van der Waals surface area contributed by atoms with Crippen LogP contribution in [0, 0.1) is 0 Å². The number of aliphatic hydroxyl groups excluding tert-OH is 2. The monoisotopic (exact) mass is 1530 g/mol. The average Bonchev–Trinajstić information content (AvgIpc) is 0.928. The van der Waals surface area contributed by atoms with Crippen molar-refractivity contribution >= 4 is 33.6 Å². The second kappa shape index (κ2) is 80.2. The van der Waals surface area contributed by atoms with Gasteiger partial charge in [-0.2, -0.15) is 0 Å². The quantitative estimate of drug-likeness (QED) is 0.0146. The van der Waals surface area contributed by atoms with Gasteiger partial charge in [-0.25, -0.2) is 9.13 Å². The Morgan fingerprint density at radius 2 is 0.495 bits per heavy atom. The summed E-state index contributed by atoms with van der Waals surface area (Å²) in [5.74, 6) is -1.67. The van der Waals surface area contributed by atoms with Crippen molar-refractivity contribution in [3.05, 3.63) is 182 Å². The molecule has 0 radical (unpaired) electrons. The number of hydrogen-bond acceptors (Lipinski definition) is 14. The van der Waals surface area contributed by atoms with Gasteiger partial charge in [-0.3, -0.25) is 32.5 Å². The van der Waals surface area contributed by atoms with E-state index < -0.39 is 91.5 Å². The second-order valence-electron chi connectivity index (χ2n) is 26.8. The molecule has 0 amide bonds. The van der Waals surface area contributed by atoms with Gasteiger partial charge in [0.05, 0.1) is 26.4 Å². The Kier molecular flexibility index (Phi) is 76.2. The van der Waals surface area contributed by atoms with Gasteiger partial charge in [0.15, 0.2) is 6.10 Å². The molecule has 0 aliphatic rings. The van der Waals surface area contributed by atoms with Crippen molar-refractivity contribution in [1.82, 2.24) is 0 Å². The minimum Gasteiger partial charge on any atom is -0.463 e. The molecule has 5 unspecified atom stereocenters. The Labute approximate surface area is 649 Å². The predicted molar refractivity (Wildman–Crippen MR) is 445 cm³/mol. The minimum atomic E-state index is -4.96. The van der Waals surface area contributed by atoms with E-state index in [1.54, 1.807) is 0 Å². The Morgan fingerprint density at radius 3 is 0.813 bits per heavy atom. The molecule has 0 spiro atoms. The fraction of sp³-hybridized carbons (Fsp3) is 0.629. The third kappa shape index (κ3) is 81.5. The highest BCUT2D eigenvalue weighted by atomic mass is 31.2. The van der Waals surface area contributed by atoms with Crippen molar-refractivity contribution in [3.8, 4) is 0 Å². The van der Waals surface area contributed by atoms with Crippen LogP contribution in [0.15, 0.2) is 182 Å². The van der Waals surface area contributed by atoms with E-state index >= 15 is 0 Å². The molecule has 0 aromatic rings. The van der Waals surface area contributed by atoms with Gasteiger partial charge in [-0.05, 0) is 161 Å². The zero-order chi connectivity index (χ0) is 78.0. The molecule has 0 aliphatic carbocycles. The van der Waals surface area contributed by atoms with E-state index in [0.29, 0.717) is 19.3 Å². The van der Waals surface area contributed by atoms with Gasteiger partial charge in [0.2, 0.25) is 0 Å². The summed E-state index contributed by atoms with van der Waals surface area (Å²) in [7, 11) is -9.83. The molecule has 0 aromatic carbocycles. The Morgan fingerprint density at radius 1 is 0.271 bits per heavy atom. The third-order valence-electron chi connectivity index (χ3n) is 16.6. The molecule has 0 saturated carbocycles. The van der Waals surface area contributed by atoms with Crippen LogP contribution in [0.5, 0.6) is 0 Å². The Balaban J connectivity index is 4.62. The molecule has 0 heterocycles. The first kappa shape index (κ1) is 102. The maximum Gasteiger partial charge on any atom is 0.472 e. The summed E-state index contributed by atoms with van der Waals surface area (Å²) in [6.45, 7) is 2.32. The lowest BCUT2D eigenvalue weighted by Gasteiger charge is -2.21. The summed E-state index contributed by atoms with van der Waals surface area (Å²) in [5, 5.41) is 20.7. The number of phosphoric ester groups is 2. The lowest BCUT2D eigenvalue weighted by atomic mass is 10.0. The SMILES string of the molecule is CC/C=C\C/C=C\C/C=C\C/C=C\C/C=C\C/C=C\CCCCC(=O)OCC(COP(=O)(O)OCC(O)COP(=O)(O)OCC(O)COC(=O)CCCCCCCCCCCCCCCCC/C=C\C/C=C\C/C=C\C/C=C\CCCCC)OC(=O)CCCCC/C=C\C/C=C\C/C=C\C/C=C\C/C=C\CC. The fourth-order valence-corrected chi connectivity index (χ4v) is 12.0. The van der Waals surface area contributed by atoms with Crippen molar-refractivity contribution in [2.45, 2.75) is 322 Å². The molecule has 5 atom stereocenters. The van der Waals surface area contributed by atoms with Crippen LogP contribution in [0.1, 0.15) is 303 Å².